The van der Waals surface area contributed by atoms with Crippen LogP contribution in [-0.2, 0) is 0 Å². The van der Waals surface area contributed by atoms with Gasteiger partial charge in [-0.05, 0) is 88.0 Å². The summed E-state index contributed by atoms with van der Waals surface area (Å²) < 4.78 is 3.53. The number of fused-ring (bicyclic) bond motifs is 6. The number of nitrogens with zero attached hydrogens (tertiary/aromatic N) is 2. The molecule has 8 rings (SSSR count). The largest absolute Gasteiger partial charge is 0.309 e. The minimum atomic E-state index is -0.340. The molecule has 0 aliphatic heterocycles. The molecular weight excluding hydrogens is 552 g/mol. The van der Waals surface area contributed by atoms with E-state index in [1.807, 2.05) is 78.9 Å². The fraction of sp³-hybridized carbons (Fsp3) is 0.0732. The zero-order chi connectivity index (χ0) is 30.7. The molecule has 8 aromatic rings. The molecule has 0 aliphatic rings. The zero-order valence-corrected chi connectivity index (χ0v) is 25.1. The van der Waals surface area contributed by atoms with E-state index in [2.05, 4.69) is 79.1 Å². The fourth-order valence-corrected chi connectivity index (χ4v) is 6.63. The summed E-state index contributed by atoms with van der Waals surface area (Å²) in [5, 5.41) is 4.62. The van der Waals surface area contributed by atoms with Crippen molar-refractivity contribution in [2.75, 3.05) is 0 Å². The van der Waals surface area contributed by atoms with Crippen molar-refractivity contribution in [3.05, 3.63) is 166 Å². The van der Waals surface area contributed by atoms with Crippen molar-refractivity contribution in [2.24, 2.45) is 0 Å². The smallest absolute Gasteiger partial charge is 0.266 e. The van der Waals surface area contributed by atoms with Gasteiger partial charge >= 0.3 is 0 Å². The van der Waals surface area contributed by atoms with E-state index in [1.54, 1.807) is 0 Å². The summed E-state index contributed by atoms with van der Waals surface area (Å²) in [5.41, 5.74) is 6.18. The van der Waals surface area contributed by atoms with E-state index in [0.29, 0.717) is 22.4 Å². The van der Waals surface area contributed by atoms with Gasteiger partial charge in [0.15, 0.2) is 0 Å². The minimum Gasteiger partial charge on any atom is -0.309 e. The number of rotatable bonds is 4. The van der Waals surface area contributed by atoms with Crippen molar-refractivity contribution in [1.82, 2.24) is 9.13 Å². The number of hydrogen-bond acceptors (Lipinski definition) is 2. The molecule has 0 saturated carbocycles. The first kappa shape index (κ1) is 26.9. The Morgan fingerprint density at radius 3 is 1.78 bits per heavy atom. The van der Waals surface area contributed by atoms with Crippen LogP contribution in [0.1, 0.15) is 25.3 Å². The molecule has 0 aliphatic carbocycles. The maximum absolute atomic E-state index is 14.6. The Bertz CT molecular complexity index is 2540. The molecule has 45 heavy (non-hydrogen) atoms. The predicted octanol–water partition coefficient (Wildman–Crippen LogP) is 9.39. The fourth-order valence-electron chi connectivity index (χ4n) is 6.63. The van der Waals surface area contributed by atoms with Gasteiger partial charge in [-0.3, -0.25) is 9.59 Å². The molecule has 6 aromatic carbocycles. The molecule has 4 nitrogen and oxygen atoms in total. The van der Waals surface area contributed by atoms with E-state index in [0.717, 1.165) is 49.4 Å². The Morgan fingerprint density at radius 2 is 1.04 bits per heavy atom. The maximum Gasteiger partial charge on any atom is 0.266 e. The van der Waals surface area contributed by atoms with Crippen LogP contribution in [-0.4, -0.2) is 9.13 Å². The van der Waals surface area contributed by atoms with Crippen LogP contribution in [0, 0.1) is 0 Å². The third-order valence-corrected chi connectivity index (χ3v) is 8.90. The number of benzene rings is 6. The lowest BCUT2D eigenvalue weighted by atomic mass is 9.95. The minimum absolute atomic E-state index is 0.333. The van der Waals surface area contributed by atoms with Gasteiger partial charge in [-0.1, -0.05) is 98.8 Å². The first-order valence-corrected chi connectivity index (χ1v) is 15.3. The predicted molar refractivity (Wildman–Crippen MR) is 187 cm³/mol. The van der Waals surface area contributed by atoms with E-state index in [1.165, 1.54) is 10.1 Å². The highest BCUT2D eigenvalue weighted by molar-refractivity contribution is 6.18. The molecule has 216 valence electrons. The Labute approximate surface area is 260 Å². The van der Waals surface area contributed by atoms with Crippen LogP contribution >= 0.6 is 0 Å². The van der Waals surface area contributed by atoms with E-state index in [4.69, 9.17) is 0 Å². The maximum atomic E-state index is 14.6. The van der Waals surface area contributed by atoms with Crippen LogP contribution in [0.5, 0.6) is 0 Å². The Morgan fingerprint density at radius 1 is 0.422 bits per heavy atom. The van der Waals surface area contributed by atoms with Crippen LogP contribution in [0.15, 0.2) is 149 Å². The molecule has 0 atom stereocenters. The van der Waals surface area contributed by atoms with Crippen LogP contribution < -0.4 is 11.1 Å². The van der Waals surface area contributed by atoms with Crippen LogP contribution in [0.25, 0.3) is 65.9 Å². The monoisotopic (exact) mass is 582 g/mol. The summed E-state index contributed by atoms with van der Waals surface area (Å²) in [6.45, 7) is 4.37. The highest BCUT2D eigenvalue weighted by Crippen LogP contribution is 2.36. The summed E-state index contributed by atoms with van der Waals surface area (Å²) >= 11 is 0. The average Bonchev–Trinajstić information content (AvgIpc) is 3.37. The van der Waals surface area contributed by atoms with Crippen LogP contribution in [0.4, 0.5) is 0 Å². The third-order valence-electron chi connectivity index (χ3n) is 8.90. The average molecular weight is 583 g/mol. The molecular formula is C41H30N2O2. The summed E-state index contributed by atoms with van der Waals surface area (Å²) in [6.07, 6.45) is 0. The molecule has 0 N–H and O–H groups in total. The van der Waals surface area contributed by atoms with Crippen molar-refractivity contribution < 1.29 is 0 Å². The molecule has 0 bridgehead atoms. The van der Waals surface area contributed by atoms with Gasteiger partial charge in [-0.25, -0.2) is 4.57 Å². The highest BCUT2D eigenvalue weighted by atomic mass is 16.2. The van der Waals surface area contributed by atoms with Gasteiger partial charge < -0.3 is 4.57 Å². The van der Waals surface area contributed by atoms with Gasteiger partial charge in [0.1, 0.15) is 0 Å². The lowest BCUT2D eigenvalue weighted by Gasteiger charge is -2.09. The van der Waals surface area contributed by atoms with Gasteiger partial charge in [-0.2, -0.15) is 0 Å². The normalized spacial score (nSPS) is 11.7. The van der Waals surface area contributed by atoms with Crippen molar-refractivity contribution >= 4 is 43.4 Å². The number of aromatic nitrogens is 2. The van der Waals surface area contributed by atoms with E-state index in [-0.39, 0.29) is 11.1 Å². The number of para-hydroxylation sites is 3. The van der Waals surface area contributed by atoms with Gasteiger partial charge in [-0.15, -0.1) is 0 Å². The highest BCUT2D eigenvalue weighted by Gasteiger charge is 2.18. The van der Waals surface area contributed by atoms with Crippen molar-refractivity contribution in [3.63, 3.8) is 0 Å². The van der Waals surface area contributed by atoms with Gasteiger partial charge in [0.25, 0.3) is 11.1 Å². The molecule has 2 aromatic heterocycles. The Balaban J connectivity index is 1.57. The first-order chi connectivity index (χ1) is 22.0. The first-order valence-electron chi connectivity index (χ1n) is 15.3. The standard InChI is InChI=1S/C41H30N2O2/c1-26(2)27-12-11-13-28(22-27)29-20-21-33-34(23-29)35-24-36-32-18-9-10-19-38(32)42(30-14-5-3-6-15-30)39(36)25-37(35)41(45)43(40(33)44)31-16-7-4-8-17-31/h3-26H,1-2H3. The SMILES string of the molecule is CC(C)c1cccc(-c2ccc3c(=O)n(-c4ccccc4)c(=O)c4cc5c(cc4c3c2)c2ccccc2n5-c2ccccc2)c1. The second-order valence-corrected chi connectivity index (χ2v) is 11.9. The van der Waals surface area contributed by atoms with E-state index in [9.17, 15) is 9.59 Å². The molecule has 0 spiro atoms. The zero-order valence-electron chi connectivity index (χ0n) is 25.1. The third kappa shape index (κ3) is 4.29. The second kappa shape index (κ2) is 10.5. The van der Waals surface area contributed by atoms with E-state index >= 15 is 0 Å². The lowest BCUT2D eigenvalue weighted by molar-refractivity contribution is 0.867. The lowest BCUT2D eigenvalue weighted by Crippen LogP contribution is -2.28. The quantitative estimate of drug-likeness (QED) is 0.208. The molecule has 0 radical (unpaired) electrons. The summed E-state index contributed by atoms with van der Waals surface area (Å²) in [5.74, 6) is 0.389. The summed E-state index contributed by atoms with van der Waals surface area (Å²) in [7, 11) is 0. The molecule has 2 heterocycles. The molecule has 4 heteroatoms. The molecule has 0 saturated heterocycles. The van der Waals surface area contributed by atoms with Crippen LogP contribution in [0.2, 0.25) is 0 Å². The van der Waals surface area contributed by atoms with Crippen molar-refractivity contribution in [1.29, 1.82) is 0 Å². The number of hydrogen-bond donors (Lipinski definition) is 0. The summed E-state index contributed by atoms with van der Waals surface area (Å²) in [6, 6.07) is 46.3. The molecule has 0 fully saturated rings. The van der Waals surface area contributed by atoms with Gasteiger partial charge in [0.05, 0.1) is 22.1 Å². The topological polar surface area (TPSA) is 44.0 Å². The van der Waals surface area contributed by atoms with Gasteiger partial charge in [0.2, 0.25) is 0 Å². The summed E-state index contributed by atoms with van der Waals surface area (Å²) in [4.78, 5) is 28.9. The molecule has 0 unspecified atom stereocenters. The van der Waals surface area contributed by atoms with Crippen LogP contribution in [0.3, 0.4) is 0 Å². The van der Waals surface area contributed by atoms with E-state index < -0.39 is 0 Å². The van der Waals surface area contributed by atoms with Crippen molar-refractivity contribution in [2.45, 2.75) is 19.8 Å². The van der Waals surface area contributed by atoms with Crippen molar-refractivity contribution in [3.8, 4) is 22.5 Å². The Hall–Kier alpha value is -5.74. The second-order valence-electron chi connectivity index (χ2n) is 11.9. The van der Waals surface area contributed by atoms with Gasteiger partial charge in [0, 0.05) is 21.8 Å². The molecule has 0 amide bonds. The Kier molecular flexibility index (Phi) is 6.24.